The monoisotopic (exact) mass is 455 g/mol. The van der Waals surface area contributed by atoms with Crippen LogP contribution < -0.4 is 4.90 Å². The molecule has 6 rings (SSSR count). The van der Waals surface area contributed by atoms with Gasteiger partial charge >= 0.3 is 0 Å². The van der Waals surface area contributed by atoms with Crippen LogP contribution >= 0.6 is 11.6 Å². The third-order valence-electron chi connectivity index (χ3n) is 6.77. The lowest BCUT2D eigenvalue weighted by atomic mass is 9.86. The molecule has 0 radical (unpaired) electrons. The predicted molar refractivity (Wildman–Crippen MR) is 129 cm³/mol. The molecule has 1 aromatic heterocycles. The number of carbonyl (C=O) groups is 2. The second-order valence-corrected chi connectivity index (χ2v) is 9.24. The summed E-state index contributed by atoms with van der Waals surface area (Å²) < 4.78 is 0. The number of halogens is 1. The second-order valence-electron chi connectivity index (χ2n) is 8.80. The summed E-state index contributed by atoms with van der Waals surface area (Å²) in [5.41, 5.74) is 5.80. The summed E-state index contributed by atoms with van der Waals surface area (Å²) in [4.78, 5) is 34.3. The van der Waals surface area contributed by atoms with Gasteiger partial charge in [0.25, 0.3) is 5.91 Å². The van der Waals surface area contributed by atoms with Gasteiger partial charge in [0, 0.05) is 33.7 Å². The number of hydrogen-bond donors (Lipinski definition) is 1. The summed E-state index contributed by atoms with van der Waals surface area (Å²) in [6, 6.07) is 22.4. The molecule has 2 amide bonds. The van der Waals surface area contributed by atoms with Crippen molar-refractivity contribution in [3.8, 4) is 0 Å². The molecule has 0 aliphatic carbocycles. The van der Waals surface area contributed by atoms with Crippen molar-refractivity contribution in [1.82, 2.24) is 9.88 Å². The number of aryl methyl sites for hydroxylation is 1. The quantitative estimate of drug-likeness (QED) is 0.461. The molecule has 6 heteroatoms. The van der Waals surface area contributed by atoms with E-state index >= 15 is 0 Å². The summed E-state index contributed by atoms with van der Waals surface area (Å²) in [5, 5.41) is 1.69. The van der Waals surface area contributed by atoms with Gasteiger partial charge in [0.2, 0.25) is 5.91 Å². The van der Waals surface area contributed by atoms with Crippen LogP contribution in [-0.4, -0.2) is 34.3 Å². The van der Waals surface area contributed by atoms with Crippen LogP contribution in [0.5, 0.6) is 0 Å². The SMILES string of the molecule is Cc1ccc(N2CC(=O)N3C(Cc4c([nH]c5ccccc45)[C@H]3c3cccc(Cl)c3)C2=O)cc1. The molecule has 1 fully saturated rings. The number of nitrogens with one attached hydrogen (secondary N) is 1. The third-order valence-corrected chi connectivity index (χ3v) is 7.01. The molecule has 2 aliphatic rings. The maximum absolute atomic E-state index is 13.8. The number of benzene rings is 3. The Labute approximate surface area is 196 Å². The fraction of sp³-hybridized carbons (Fsp3) is 0.185. The van der Waals surface area contributed by atoms with Crippen LogP contribution in [-0.2, 0) is 16.0 Å². The summed E-state index contributed by atoms with van der Waals surface area (Å²) in [7, 11) is 0. The zero-order valence-corrected chi connectivity index (χ0v) is 18.8. The molecule has 164 valence electrons. The van der Waals surface area contributed by atoms with Gasteiger partial charge in [-0.1, -0.05) is 59.6 Å². The van der Waals surface area contributed by atoms with E-state index in [1.54, 1.807) is 9.80 Å². The molecular formula is C27H22ClN3O2. The molecule has 0 bridgehead atoms. The Morgan fingerprint density at radius 1 is 0.970 bits per heavy atom. The van der Waals surface area contributed by atoms with Crippen LogP contribution in [0.2, 0.25) is 5.02 Å². The third kappa shape index (κ3) is 3.15. The van der Waals surface area contributed by atoms with E-state index in [0.717, 1.165) is 39.0 Å². The first kappa shape index (κ1) is 20.1. The molecule has 0 spiro atoms. The van der Waals surface area contributed by atoms with Gasteiger partial charge in [-0.3, -0.25) is 9.59 Å². The number of H-pyrrole nitrogens is 1. The van der Waals surface area contributed by atoms with E-state index < -0.39 is 12.1 Å². The Bertz CT molecular complexity index is 1410. The Kier molecular flexibility index (Phi) is 4.56. The summed E-state index contributed by atoms with van der Waals surface area (Å²) in [5.74, 6) is -0.129. The zero-order chi connectivity index (χ0) is 22.7. The first-order valence-corrected chi connectivity index (χ1v) is 11.4. The number of para-hydroxylation sites is 1. The number of aromatic nitrogens is 1. The minimum atomic E-state index is -0.580. The number of nitrogens with zero attached hydrogens (tertiary/aromatic N) is 2. The highest BCUT2D eigenvalue weighted by atomic mass is 35.5. The summed E-state index contributed by atoms with van der Waals surface area (Å²) >= 11 is 6.34. The van der Waals surface area contributed by atoms with Crippen LogP contribution in [0.3, 0.4) is 0 Å². The van der Waals surface area contributed by atoms with Gasteiger partial charge in [-0.15, -0.1) is 0 Å². The van der Waals surface area contributed by atoms with Crippen LogP contribution in [0.4, 0.5) is 5.69 Å². The zero-order valence-electron chi connectivity index (χ0n) is 18.1. The van der Waals surface area contributed by atoms with Crippen LogP contribution in [0, 0.1) is 6.92 Å². The van der Waals surface area contributed by atoms with E-state index in [4.69, 9.17) is 11.6 Å². The molecule has 2 atom stereocenters. The van der Waals surface area contributed by atoms with Gasteiger partial charge in [0.1, 0.15) is 12.6 Å². The number of amides is 2. The lowest BCUT2D eigenvalue weighted by Crippen LogP contribution is -2.63. The predicted octanol–water partition coefficient (Wildman–Crippen LogP) is 5.02. The lowest BCUT2D eigenvalue weighted by Gasteiger charge is -2.47. The van der Waals surface area contributed by atoms with Crippen molar-refractivity contribution >= 4 is 40.0 Å². The fourth-order valence-electron chi connectivity index (χ4n) is 5.23. The highest BCUT2D eigenvalue weighted by Crippen LogP contribution is 2.43. The van der Waals surface area contributed by atoms with E-state index in [1.807, 2.05) is 73.7 Å². The van der Waals surface area contributed by atoms with Crippen molar-refractivity contribution in [2.75, 3.05) is 11.4 Å². The average Bonchev–Trinajstić information content (AvgIpc) is 3.19. The second kappa shape index (κ2) is 7.49. The van der Waals surface area contributed by atoms with Crippen molar-refractivity contribution in [2.24, 2.45) is 0 Å². The Morgan fingerprint density at radius 3 is 2.55 bits per heavy atom. The van der Waals surface area contributed by atoms with Gasteiger partial charge in [0.05, 0.1) is 6.04 Å². The Hall–Kier alpha value is -3.57. The van der Waals surface area contributed by atoms with Crippen molar-refractivity contribution in [1.29, 1.82) is 0 Å². The standard InChI is InChI=1S/C27H22ClN3O2/c1-16-9-11-19(12-10-16)30-15-24(32)31-23(27(30)33)14-21-20-7-2-3-8-22(20)29-25(21)26(31)17-5-4-6-18(28)13-17/h2-13,23,26,29H,14-15H2,1H3/t23?,26-/m1/s1. The number of carbonyl (C=O) groups excluding carboxylic acids is 2. The van der Waals surface area contributed by atoms with Gasteiger partial charge in [0.15, 0.2) is 0 Å². The van der Waals surface area contributed by atoms with E-state index in [9.17, 15) is 9.59 Å². The van der Waals surface area contributed by atoms with E-state index in [1.165, 1.54) is 0 Å². The molecule has 3 heterocycles. The van der Waals surface area contributed by atoms with Crippen LogP contribution in [0.15, 0.2) is 72.8 Å². The van der Waals surface area contributed by atoms with Crippen molar-refractivity contribution in [3.63, 3.8) is 0 Å². The highest BCUT2D eigenvalue weighted by Gasteiger charge is 2.48. The summed E-state index contributed by atoms with van der Waals surface area (Å²) in [6.45, 7) is 2.02. The van der Waals surface area contributed by atoms with Gasteiger partial charge in [-0.25, -0.2) is 0 Å². The largest absolute Gasteiger partial charge is 0.356 e. The van der Waals surface area contributed by atoms with Gasteiger partial charge in [-0.05, 0) is 48.4 Å². The first-order valence-electron chi connectivity index (χ1n) is 11.1. The molecule has 1 saturated heterocycles. The molecule has 3 aromatic carbocycles. The molecule has 2 aliphatic heterocycles. The molecular weight excluding hydrogens is 434 g/mol. The number of aromatic amines is 1. The normalized spacial score (nSPS) is 20.2. The minimum absolute atomic E-state index is 0.0189. The van der Waals surface area contributed by atoms with Crippen LogP contribution in [0.1, 0.15) is 28.4 Å². The van der Waals surface area contributed by atoms with Crippen molar-refractivity contribution in [3.05, 3.63) is 100 Å². The maximum atomic E-state index is 13.8. The topological polar surface area (TPSA) is 56.4 Å². The highest BCUT2D eigenvalue weighted by molar-refractivity contribution is 6.30. The van der Waals surface area contributed by atoms with Gasteiger partial charge in [-0.2, -0.15) is 0 Å². The van der Waals surface area contributed by atoms with E-state index in [0.29, 0.717) is 11.4 Å². The Balaban J connectivity index is 1.52. The minimum Gasteiger partial charge on any atom is -0.356 e. The number of fused-ring (bicyclic) bond motifs is 4. The lowest BCUT2D eigenvalue weighted by molar-refractivity contribution is -0.145. The molecule has 0 saturated carbocycles. The van der Waals surface area contributed by atoms with E-state index in [2.05, 4.69) is 11.1 Å². The number of hydrogen-bond acceptors (Lipinski definition) is 2. The summed E-state index contributed by atoms with van der Waals surface area (Å²) in [6.07, 6.45) is 0.476. The first-order chi connectivity index (χ1) is 16.0. The maximum Gasteiger partial charge on any atom is 0.250 e. The van der Waals surface area contributed by atoms with Crippen molar-refractivity contribution in [2.45, 2.75) is 25.4 Å². The Morgan fingerprint density at radius 2 is 1.76 bits per heavy atom. The number of rotatable bonds is 2. The molecule has 4 aromatic rings. The van der Waals surface area contributed by atoms with Crippen molar-refractivity contribution < 1.29 is 9.59 Å². The number of piperazine rings is 1. The molecule has 5 nitrogen and oxygen atoms in total. The smallest absolute Gasteiger partial charge is 0.250 e. The number of anilines is 1. The molecule has 1 unspecified atom stereocenters. The average molecular weight is 456 g/mol. The van der Waals surface area contributed by atoms with Crippen LogP contribution in [0.25, 0.3) is 10.9 Å². The van der Waals surface area contributed by atoms with E-state index in [-0.39, 0.29) is 18.4 Å². The fourth-order valence-corrected chi connectivity index (χ4v) is 5.43. The van der Waals surface area contributed by atoms with Gasteiger partial charge < -0.3 is 14.8 Å². The molecule has 33 heavy (non-hydrogen) atoms. The molecule has 1 N–H and O–H groups in total.